The van der Waals surface area contributed by atoms with Gasteiger partial charge in [0.1, 0.15) is 5.82 Å². The molecule has 1 heterocycles. The fourth-order valence-electron chi connectivity index (χ4n) is 1.83. The Morgan fingerprint density at radius 1 is 1.33 bits per heavy atom. The van der Waals surface area contributed by atoms with E-state index in [1.54, 1.807) is 12.1 Å². The Morgan fingerprint density at radius 3 is 2.60 bits per heavy atom. The molecule has 1 saturated heterocycles. The highest BCUT2D eigenvalue weighted by atomic mass is 127. The fourth-order valence-corrected chi connectivity index (χ4v) is 2.54. The maximum absolute atomic E-state index is 13.8. The second-order valence-electron chi connectivity index (χ2n) is 3.87. The lowest BCUT2D eigenvalue weighted by molar-refractivity contribution is 0.207. The topological polar surface area (TPSA) is 12.0 Å². The van der Waals surface area contributed by atoms with E-state index in [9.17, 15) is 8.78 Å². The molecule has 0 amide bonds. The third-order valence-electron chi connectivity index (χ3n) is 2.66. The van der Waals surface area contributed by atoms with E-state index in [4.69, 9.17) is 0 Å². The first-order valence-corrected chi connectivity index (χ1v) is 6.01. The molecule has 1 aromatic carbocycles. The molecule has 0 aliphatic carbocycles. The molecule has 82 valence electrons. The fraction of sp³-hybridized carbons (Fsp3) is 0.455. The average molecular weight is 323 g/mol. The summed E-state index contributed by atoms with van der Waals surface area (Å²) in [6.07, 6.45) is 0.977. The molecule has 1 aliphatic heterocycles. The third-order valence-corrected chi connectivity index (χ3v) is 3.64. The van der Waals surface area contributed by atoms with Crippen molar-refractivity contribution >= 4 is 22.6 Å². The number of halogens is 3. The van der Waals surface area contributed by atoms with E-state index in [1.165, 1.54) is 12.1 Å². The highest BCUT2D eigenvalue weighted by molar-refractivity contribution is 14.1. The van der Waals surface area contributed by atoms with Gasteiger partial charge in [-0.15, -0.1) is 0 Å². The first-order valence-electron chi connectivity index (χ1n) is 4.93. The Balaban J connectivity index is 2.13. The van der Waals surface area contributed by atoms with Crippen molar-refractivity contribution in [3.05, 3.63) is 35.6 Å². The van der Waals surface area contributed by atoms with E-state index in [2.05, 4.69) is 5.32 Å². The van der Waals surface area contributed by atoms with Crippen LogP contribution in [0.25, 0.3) is 0 Å². The SMILES string of the molecule is Fc1ccc([C@@H]2CC(F)(I)CCN2)cc1. The number of hydrogen-bond acceptors (Lipinski definition) is 1. The minimum atomic E-state index is -1.14. The number of piperidine rings is 1. The smallest absolute Gasteiger partial charge is 0.164 e. The van der Waals surface area contributed by atoms with Gasteiger partial charge in [-0.3, -0.25) is 0 Å². The van der Waals surface area contributed by atoms with E-state index in [0.29, 0.717) is 19.4 Å². The molecule has 0 bridgehead atoms. The zero-order valence-electron chi connectivity index (χ0n) is 8.14. The Labute approximate surface area is 101 Å². The van der Waals surface area contributed by atoms with Gasteiger partial charge in [0.25, 0.3) is 0 Å². The van der Waals surface area contributed by atoms with E-state index in [1.807, 2.05) is 22.6 Å². The van der Waals surface area contributed by atoms with Crippen molar-refractivity contribution < 1.29 is 8.78 Å². The van der Waals surface area contributed by atoms with Gasteiger partial charge in [-0.05, 0) is 46.8 Å². The minimum absolute atomic E-state index is 0.00116. The zero-order chi connectivity index (χ0) is 10.9. The van der Waals surface area contributed by atoms with Crippen LogP contribution in [0.15, 0.2) is 24.3 Å². The molecule has 1 unspecified atom stereocenters. The molecule has 1 aromatic rings. The maximum Gasteiger partial charge on any atom is 0.164 e. The quantitative estimate of drug-likeness (QED) is 0.617. The standard InChI is InChI=1S/C11H12F2IN/c12-9-3-1-8(2-4-9)10-7-11(13,14)5-6-15-10/h1-4,10,15H,5-7H2/t10-,11?/m0/s1. The van der Waals surface area contributed by atoms with Crippen molar-refractivity contribution in [1.82, 2.24) is 5.32 Å². The summed E-state index contributed by atoms with van der Waals surface area (Å²) in [5.74, 6) is -0.254. The third kappa shape index (κ3) is 2.87. The van der Waals surface area contributed by atoms with Gasteiger partial charge in [-0.2, -0.15) is 0 Å². The highest BCUT2D eigenvalue weighted by Crippen LogP contribution is 2.38. The van der Waals surface area contributed by atoms with Crippen LogP contribution >= 0.6 is 22.6 Å². The van der Waals surface area contributed by atoms with Crippen molar-refractivity contribution in [3.63, 3.8) is 0 Å². The molecule has 0 saturated carbocycles. The van der Waals surface area contributed by atoms with Gasteiger partial charge in [0.05, 0.1) is 0 Å². The lowest BCUT2D eigenvalue weighted by Crippen LogP contribution is -2.37. The van der Waals surface area contributed by atoms with Crippen LogP contribution in [-0.2, 0) is 0 Å². The molecule has 2 rings (SSSR count). The van der Waals surface area contributed by atoms with Crippen molar-refractivity contribution in [2.75, 3.05) is 6.54 Å². The predicted octanol–water partition coefficient (Wildman–Crippen LogP) is 3.35. The normalized spacial score (nSPS) is 31.5. The van der Waals surface area contributed by atoms with Crippen LogP contribution in [0.1, 0.15) is 24.4 Å². The van der Waals surface area contributed by atoms with Crippen LogP contribution in [0.5, 0.6) is 0 Å². The van der Waals surface area contributed by atoms with Crippen molar-refractivity contribution in [3.8, 4) is 0 Å². The lowest BCUT2D eigenvalue weighted by atomic mass is 9.96. The average Bonchev–Trinajstić information content (AvgIpc) is 2.17. The molecule has 0 radical (unpaired) electrons. The molecule has 1 nitrogen and oxygen atoms in total. The summed E-state index contributed by atoms with van der Waals surface area (Å²) in [6.45, 7) is 0.668. The summed E-state index contributed by atoms with van der Waals surface area (Å²) in [4.78, 5) is 0. The van der Waals surface area contributed by atoms with Crippen molar-refractivity contribution in [2.45, 2.75) is 22.6 Å². The van der Waals surface area contributed by atoms with Crippen LogP contribution in [-0.4, -0.2) is 10.2 Å². The Kier molecular flexibility index (Phi) is 3.25. The van der Waals surface area contributed by atoms with Crippen molar-refractivity contribution in [1.29, 1.82) is 0 Å². The number of alkyl halides is 2. The van der Waals surface area contributed by atoms with Crippen LogP contribution in [0.4, 0.5) is 8.78 Å². The molecule has 1 aliphatic rings. The van der Waals surface area contributed by atoms with Crippen LogP contribution in [0, 0.1) is 5.82 Å². The molecule has 4 heteroatoms. The van der Waals surface area contributed by atoms with Gasteiger partial charge in [0, 0.05) is 18.9 Å². The summed E-state index contributed by atoms with van der Waals surface area (Å²) < 4.78 is 25.3. The number of hydrogen-bond donors (Lipinski definition) is 1. The lowest BCUT2D eigenvalue weighted by Gasteiger charge is -2.31. The second kappa shape index (κ2) is 4.33. The number of rotatable bonds is 1. The maximum atomic E-state index is 13.8. The summed E-state index contributed by atoms with van der Waals surface area (Å²) in [5, 5.41) is 3.24. The largest absolute Gasteiger partial charge is 0.310 e. The van der Waals surface area contributed by atoms with Gasteiger partial charge >= 0.3 is 0 Å². The van der Waals surface area contributed by atoms with E-state index in [-0.39, 0.29) is 11.9 Å². The first kappa shape index (κ1) is 11.3. The summed E-state index contributed by atoms with van der Waals surface area (Å²) >= 11 is 1.86. The molecular weight excluding hydrogens is 311 g/mol. The summed E-state index contributed by atoms with van der Waals surface area (Å²) in [5.41, 5.74) is 0.954. The van der Waals surface area contributed by atoms with E-state index >= 15 is 0 Å². The van der Waals surface area contributed by atoms with E-state index in [0.717, 1.165) is 5.56 Å². The van der Waals surface area contributed by atoms with Crippen LogP contribution in [0.2, 0.25) is 0 Å². The summed E-state index contributed by atoms with van der Waals surface area (Å²) in [6, 6.07) is 6.26. The molecule has 0 spiro atoms. The highest BCUT2D eigenvalue weighted by Gasteiger charge is 2.33. The zero-order valence-corrected chi connectivity index (χ0v) is 10.3. The minimum Gasteiger partial charge on any atom is -0.310 e. The van der Waals surface area contributed by atoms with Crippen LogP contribution < -0.4 is 5.32 Å². The number of benzene rings is 1. The second-order valence-corrected chi connectivity index (χ2v) is 5.80. The predicted molar refractivity (Wildman–Crippen MR) is 64.2 cm³/mol. The first-order chi connectivity index (χ1) is 7.07. The molecular formula is C11H12F2IN. The van der Waals surface area contributed by atoms with Crippen molar-refractivity contribution in [2.24, 2.45) is 0 Å². The monoisotopic (exact) mass is 323 g/mol. The van der Waals surface area contributed by atoms with E-state index < -0.39 is 3.68 Å². The van der Waals surface area contributed by atoms with Gasteiger partial charge < -0.3 is 5.32 Å². The Morgan fingerprint density at radius 2 is 2.00 bits per heavy atom. The molecule has 1 N–H and O–H groups in total. The Bertz CT molecular complexity index is 337. The van der Waals surface area contributed by atoms with Crippen LogP contribution in [0.3, 0.4) is 0 Å². The molecule has 15 heavy (non-hydrogen) atoms. The van der Waals surface area contributed by atoms with Gasteiger partial charge in [0.15, 0.2) is 3.68 Å². The van der Waals surface area contributed by atoms with Gasteiger partial charge in [-0.1, -0.05) is 12.1 Å². The molecule has 2 atom stereocenters. The van der Waals surface area contributed by atoms with Gasteiger partial charge in [-0.25, -0.2) is 8.78 Å². The number of nitrogens with one attached hydrogen (secondary N) is 1. The Hall–Kier alpha value is -0.230. The molecule has 0 aromatic heterocycles. The molecule has 1 fully saturated rings. The van der Waals surface area contributed by atoms with Gasteiger partial charge in [0.2, 0.25) is 0 Å². The summed E-state index contributed by atoms with van der Waals surface area (Å²) in [7, 11) is 0.